The Kier molecular flexibility index (Phi) is 22.5. The highest BCUT2D eigenvalue weighted by atomic mass is 35.5. The molecule has 0 saturated carbocycles. The zero-order valence-electron chi connectivity index (χ0n) is 15.7. The van der Waals surface area contributed by atoms with Gasteiger partial charge in [0, 0.05) is 18.6 Å². The first-order valence-corrected chi connectivity index (χ1v) is 9.87. The van der Waals surface area contributed by atoms with Crippen LogP contribution >= 0.6 is 12.4 Å². The second-order valence-corrected chi connectivity index (χ2v) is 6.71. The van der Waals surface area contributed by atoms with E-state index in [1.54, 1.807) is 0 Å². The number of hydrogen-bond acceptors (Lipinski definition) is 0. The topological polar surface area (TPSA) is 3.88 Å². The Bertz CT molecular complexity index is 330. The molecule has 0 radical (unpaired) electrons. The van der Waals surface area contributed by atoms with Crippen LogP contribution in [0.1, 0.15) is 96.8 Å². The van der Waals surface area contributed by atoms with Gasteiger partial charge in [-0.2, -0.15) is 0 Å². The molecule has 0 bridgehead atoms. The molecular formula is C21H39Cl2N. The van der Waals surface area contributed by atoms with Crippen molar-refractivity contribution in [3.8, 4) is 0 Å². The normalized spacial score (nSPS) is 10.0. The summed E-state index contributed by atoms with van der Waals surface area (Å²) in [4.78, 5) is 0. The van der Waals surface area contributed by atoms with Crippen molar-refractivity contribution in [3.63, 3.8) is 0 Å². The molecule has 0 amide bonds. The predicted molar refractivity (Wildman–Crippen MR) is 104 cm³/mol. The van der Waals surface area contributed by atoms with Gasteiger partial charge in [-0.1, -0.05) is 90.0 Å². The molecule has 1 heterocycles. The molecule has 0 aliphatic rings. The Morgan fingerprint density at radius 2 is 0.917 bits per heavy atom. The fourth-order valence-corrected chi connectivity index (χ4v) is 3.07. The molecule has 0 atom stereocenters. The van der Waals surface area contributed by atoms with Crippen LogP contribution in [0.15, 0.2) is 30.6 Å². The predicted octanol–water partition coefficient (Wildman–Crippen LogP) is 3.88. The largest absolute Gasteiger partial charge is 1.00 e. The van der Waals surface area contributed by atoms with Gasteiger partial charge >= 0.3 is 0 Å². The van der Waals surface area contributed by atoms with Gasteiger partial charge in [0.1, 0.15) is 6.54 Å². The second-order valence-electron chi connectivity index (χ2n) is 6.71. The van der Waals surface area contributed by atoms with E-state index < -0.39 is 0 Å². The number of aromatic nitrogens is 1. The van der Waals surface area contributed by atoms with Gasteiger partial charge in [0.05, 0.1) is 0 Å². The van der Waals surface area contributed by atoms with Gasteiger partial charge in [0.15, 0.2) is 12.4 Å². The fraction of sp³-hybridized carbons (Fsp3) is 0.762. The van der Waals surface area contributed by atoms with Crippen molar-refractivity contribution in [3.05, 3.63) is 30.6 Å². The molecule has 0 N–H and O–H groups in total. The molecule has 1 aromatic heterocycles. The first-order chi connectivity index (χ1) is 10.9. The summed E-state index contributed by atoms with van der Waals surface area (Å²) in [6.45, 7) is 3.47. The summed E-state index contributed by atoms with van der Waals surface area (Å²) in [6, 6.07) is 6.31. The molecule has 0 saturated heterocycles. The third kappa shape index (κ3) is 16.6. The van der Waals surface area contributed by atoms with Crippen LogP contribution in [0, 0.1) is 0 Å². The molecule has 0 unspecified atom stereocenters. The smallest absolute Gasteiger partial charge is 0.168 e. The Morgan fingerprint density at radius 3 is 1.33 bits per heavy atom. The van der Waals surface area contributed by atoms with Gasteiger partial charge in [0.2, 0.25) is 0 Å². The highest BCUT2D eigenvalue weighted by Gasteiger charge is 1.98. The van der Waals surface area contributed by atoms with Crippen molar-refractivity contribution in [2.75, 3.05) is 0 Å². The van der Waals surface area contributed by atoms with E-state index in [1.807, 2.05) is 0 Å². The summed E-state index contributed by atoms with van der Waals surface area (Å²) < 4.78 is 2.29. The maximum atomic E-state index is 2.29. The van der Waals surface area contributed by atoms with E-state index in [2.05, 4.69) is 42.1 Å². The number of pyridine rings is 1. The summed E-state index contributed by atoms with van der Waals surface area (Å²) in [7, 11) is 0. The molecule has 3 heteroatoms. The van der Waals surface area contributed by atoms with E-state index in [-0.39, 0.29) is 24.8 Å². The molecule has 1 rings (SSSR count). The van der Waals surface area contributed by atoms with E-state index in [0.29, 0.717) is 0 Å². The SMILES string of the molecule is CCCCCCCCCCCCCCCC[n+]1ccccc1.Cl.[Cl-]. The minimum Gasteiger partial charge on any atom is -1.00 e. The number of unbranched alkanes of at least 4 members (excludes halogenated alkanes) is 13. The molecule has 0 aromatic carbocycles. The standard InChI is InChI=1S/C21H38N.2ClH/c1-2-3-4-5-6-7-8-9-10-11-12-13-14-16-19-22-20-17-15-18-21-22;;/h15,17-18,20-21H,2-14,16,19H2,1H3;2*1H/q+1;;/p-1. The molecule has 0 aliphatic carbocycles. The van der Waals surface area contributed by atoms with Crippen LogP contribution in [0.5, 0.6) is 0 Å². The van der Waals surface area contributed by atoms with Gasteiger partial charge in [-0.15, -0.1) is 12.4 Å². The van der Waals surface area contributed by atoms with Crippen LogP contribution in [0.2, 0.25) is 0 Å². The molecule has 24 heavy (non-hydrogen) atoms. The van der Waals surface area contributed by atoms with Gasteiger partial charge in [0.25, 0.3) is 0 Å². The van der Waals surface area contributed by atoms with Gasteiger partial charge in [-0.25, -0.2) is 4.57 Å². The van der Waals surface area contributed by atoms with Crippen LogP contribution in [0.3, 0.4) is 0 Å². The van der Waals surface area contributed by atoms with Gasteiger partial charge < -0.3 is 12.4 Å². The van der Waals surface area contributed by atoms with E-state index in [4.69, 9.17) is 0 Å². The first-order valence-electron chi connectivity index (χ1n) is 9.87. The lowest BCUT2D eigenvalue weighted by Crippen LogP contribution is -3.00. The molecule has 142 valence electrons. The molecule has 0 spiro atoms. The third-order valence-electron chi connectivity index (χ3n) is 4.55. The number of hydrogen-bond donors (Lipinski definition) is 0. The summed E-state index contributed by atoms with van der Waals surface area (Å²) >= 11 is 0. The van der Waals surface area contributed by atoms with E-state index in [9.17, 15) is 0 Å². The molecular weight excluding hydrogens is 337 g/mol. The molecule has 0 fully saturated rings. The second kappa shape index (κ2) is 20.8. The lowest BCUT2D eigenvalue weighted by molar-refractivity contribution is -0.697. The number of halogens is 2. The van der Waals surface area contributed by atoms with Crippen molar-refractivity contribution in [2.24, 2.45) is 0 Å². The summed E-state index contributed by atoms with van der Waals surface area (Å²) in [5.74, 6) is 0. The number of aryl methyl sites for hydroxylation is 1. The quantitative estimate of drug-likeness (QED) is 0.323. The van der Waals surface area contributed by atoms with Crippen molar-refractivity contribution >= 4 is 12.4 Å². The Labute approximate surface area is 163 Å². The van der Waals surface area contributed by atoms with Crippen molar-refractivity contribution in [1.29, 1.82) is 0 Å². The molecule has 1 nitrogen and oxygen atoms in total. The fourth-order valence-electron chi connectivity index (χ4n) is 3.07. The lowest BCUT2D eigenvalue weighted by Gasteiger charge is -2.02. The summed E-state index contributed by atoms with van der Waals surface area (Å²) in [6.07, 6.45) is 24.4. The highest BCUT2D eigenvalue weighted by Crippen LogP contribution is 2.12. The van der Waals surface area contributed by atoms with Gasteiger partial charge in [-0.05, 0) is 6.42 Å². The van der Waals surface area contributed by atoms with E-state index in [1.165, 1.54) is 96.4 Å². The minimum absolute atomic E-state index is 0. The van der Waals surface area contributed by atoms with Crippen LogP contribution in [0.4, 0.5) is 0 Å². The molecule has 1 aromatic rings. The van der Waals surface area contributed by atoms with Crippen molar-refractivity contribution < 1.29 is 17.0 Å². The zero-order chi connectivity index (χ0) is 15.7. The number of nitrogens with zero attached hydrogens (tertiary/aromatic N) is 1. The molecule has 0 aliphatic heterocycles. The lowest BCUT2D eigenvalue weighted by atomic mass is 10.0. The van der Waals surface area contributed by atoms with Crippen molar-refractivity contribution in [2.45, 2.75) is 103 Å². The summed E-state index contributed by atoms with van der Waals surface area (Å²) in [5, 5.41) is 0. The van der Waals surface area contributed by atoms with Crippen LogP contribution < -0.4 is 17.0 Å². The van der Waals surface area contributed by atoms with E-state index in [0.717, 1.165) is 0 Å². The monoisotopic (exact) mass is 375 g/mol. The highest BCUT2D eigenvalue weighted by molar-refractivity contribution is 5.85. The van der Waals surface area contributed by atoms with Crippen LogP contribution in [-0.2, 0) is 6.54 Å². The third-order valence-corrected chi connectivity index (χ3v) is 4.55. The Morgan fingerprint density at radius 1 is 0.542 bits per heavy atom. The van der Waals surface area contributed by atoms with Crippen LogP contribution in [0.25, 0.3) is 0 Å². The zero-order valence-corrected chi connectivity index (χ0v) is 17.3. The average Bonchev–Trinajstić information content (AvgIpc) is 2.56. The minimum atomic E-state index is 0. The van der Waals surface area contributed by atoms with Crippen LogP contribution in [-0.4, -0.2) is 0 Å². The van der Waals surface area contributed by atoms with Gasteiger partial charge in [-0.3, -0.25) is 0 Å². The average molecular weight is 376 g/mol. The Balaban J connectivity index is 0. The first kappa shape index (κ1) is 26.0. The number of rotatable bonds is 15. The summed E-state index contributed by atoms with van der Waals surface area (Å²) in [5.41, 5.74) is 0. The maximum Gasteiger partial charge on any atom is 0.168 e. The van der Waals surface area contributed by atoms with E-state index >= 15 is 0 Å². The maximum absolute atomic E-state index is 2.29. The Hall–Kier alpha value is -0.270. The van der Waals surface area contributed by atoms with Crippen molar-refractivity contribution in [1.82, 2.24) is 0 Å².